The smallest absolute Gasteiger partial charge is 0.325 e. The highest BCUT2D eigenvalue weighted by molar-refractivity contribution is 5.85. The molecule has 6 nitrogen and oxygen atoms in total. The van der Waals surface area contributed by atoms with Crippen molar-refractivity contribution in [2.45, 2.75) is 44.9 Å². The van der Waals surface area contributed by atoms with E-state index >= 15 is 0 Å². The molecule has 1 heterocycles. The minimum atomic E-state index is -1.07. The fourth-order valence-corrected chi connectivity index (χ4v) is 1.50. The molecule has 1 rings (SSSR count). The van der Waals surface area contributed by atoms with Crippen molar-refractivity contribution in [1.29, 1.82) is 0 Å². The van der Waals surface area contributed by atoms with Gasteiger partial charge < -0.3 is 19.9 Å². The highest BCUT2D eigenvalue weighted by atomic mass is 16.5. The number of carboxylic acids is 1. The SMILES string of the molecule is C[C@H](NC(=O)[C@H](C)OC[C@H]1CCCO1)C(=O)O. The van der Waals surface area contributed by atoms with Gasteiger partial charge in [0.25, 0.3) is 0 Å². The lowest BCUT2D eigenvalue weighted by Gasteiger charge is -2.17. The molecule has 1 aliphatic heterocycles. The molecule has 0 aromatic carbocycles. The highest BCUT2D eigenvalue weighted by Gasteiger charge is 2.22. The molecule has 1 amide bonds. The maximum absolute atomic E-state index is 11.5. The molecule has 0 spiro atoms. The second-order valence-electron chi connectivity index (χ2n) is 4.18. The van der Waals surface area contributed by atoms with Gasteiger partial charge in [0, 0.05) is 6.61 Å². The molecule has 0 unspecified atom stereocenters. The van der Waals surface area contributed by atoms with E-state index in [1.165, 1.54) is 6.92 Å². The van der Waals surface area contributed by atoms with E-state index < -0.39 is 24.0 Å². The molecule has 0 saturated carbocycles. The first kappa shape index (κ1) is 13.9. The second-order valence-corrected chi connectivity index (χ2v) is 4.18. The zero-order valence-corrected chi connectivity index (χ0v) is 10.1. The van der Waals surface area contributed by atoms with Crippen molar-refractivity contribution in [3.05, 3.63) is 0 Å². The molecule has 6 heteroatoms. The molecule has 3 atom stereocenters. The minimum Gasteiger partial charge on any atom is -0.480 e. The summed E-state index contributed by atoms with van der Waals surface area (Å²) in [6, 6.07) is -0.906. The van der Waals surface area contributed by atoms with Crippen LogP contribution in [-0.2, 0) is 19.1 Å². The Morgan fingerprint density at radius 3 is 2.76 bits per heavy atom. The number of amides is 1. The van der Waals surface area contributed by atoms with E-state index in [0.717, 1.165) is 19.4 Å². The standard InChI is InChI=1S/C11H19NO5/c1-7(11(14)15)12-10(13)8(2)17-6-9-4-3-5-16-9/h7-9H,3-6H2,1-2H3,(H,12,13)(H,14,15)/t7-,8-,9+/m0/s1. The van der Waals surface area contributed by atoms with Crippen LogP contribution in [0.2, 0.25) is 0 Å². The number of hydrogen-bond acceptors (Lipinski definition) is 4. The first-order valence-corrected chi connectivity index (χ1v) is 5.77. The molecule has 1 aliphatic rings. The van der Waals surface area contributed by atoms with E-state index in [-0.39, 0.29) is 6.10 Å². The van der Waals surface area contributed by atoms with Crippen LogP contribution in [0.15, 0.2) is 0 Å². The van der Waals surface area contributed by atoms with Crippen LogP contribution >= 0.6 is 0 Å². The molecule has 98 valence electrons. The maximum atomic E-state index is 11.5. The van der Waals surface area contributed by atoms with Crippen LogP contribution in [0.5, 0.6) is 0 Å². The van der Waals surface area contributed by atoms with Gasteiger partial charge in [0.05, 0.1) is 12.7 Å². The summed E-state index contributed by atoms with van der Waals surface area (Å²) in [5.41, 5.74) is 0. The Balaban J connectivity index is 2.23. The Morgan fingerprint density at radius 1 is 1.53 bits per heavy atom. The van der Waals surface area contributed by atoms with Gasteiger partial charge >= 0.3 is 5.97 Å². The average Bonchev–Trinajstić information content (AvgIpc) is 2.78. The molecular weight excluding hydrogens is 226 g/mol. The lowest BCUT2D eigenvalue weighted by Crippen LogP contribution is -2.44. The zero-order chi connectivity index (χ0) is 12.8. The van der Waals surface area contributed by atoms with Gasteiger partial charge in [0.15, 0.2) is 0 Å². The fourth-order valence-electron chi connectivity index (χ4n) is 1.50. The van der Waals surface area contributed by atoms with Crippen LogP contribution in [0.25, 0.3) is 0 Å². The van der Waals surface area contributed by atoms with Crippen molar-refractivity contribution >= 4 is 11.9 Å². The summed E-state index contributed by atoms with van der Waals surface area (Å²) in [5.74, 6) is -1.48. The molecule has 0 aromatic heterocycles. The topological polar surface area (TPSA) is 84.9 Å². The number of carbonyl (C=O) groups excluding carboxylic acids is 1. The van der Waals surface area contributed by atoms with E-state index in [2.05, 4.69) is 5.32 Å². The summed E-state index contributed by atoms with van der Waals surface area (Å²) in [5, 5.41) is 11.0. The van der Waals surface area contributed by atoms with Crippen LogP contribution in [0, 0.1) is 0 Å². The third-order valence-electron chi connectivity index (χ3n) is 2.65. The first-order chi connectivity index (χ1) is 8.00. The summed E-state index contributed by atoms with van der Waals surface area (Å²) in [6.07, 6.45) is 1.35. The predicted molar refractivity (Wildman–Crippen MR) is 59.6 cm³/mol. The number of nitrogens with one attached hydrogen (secondary N) is 1. The molecule has 0 radical (unpaired) electrons. The third-order valence-corrected chi connectivity index (χ3v) is 2.65. The average molecular weight is 245 g/mol. The van der Waals surface area contributed by atoms with Gasteiger partial charge in [0.2, 0.25) is 5.91 Å². The summed E-state index contributed by atoms with van der Waals surface area (Å²) in [6.45, 7) is 4.12. The van der Waals surface area contributed by atoms with Gasteiger partial charge in [-0.3, -0.25) is 9.59 Å². The van der Waals surface area contributed by atoms with Gasteiger partial charge in [-0.05, 0) is 26.7 Å². The maximum Gasteiger partial charge on any atom is 0.325 e. The van der Waals surface area contributed by atoms with Crippen molar-refractivity contribution < 1.29 is 24.2 Å². The van der Waals surface area contributed by atoms with Gasteiger partial charge in [-0.2, -0.15) is 0 Å². The molecular formula is C11H19NO5. The van der Waals surface area contributed by atoms with Crippen molar-refractivity contribution in [2.75, 3.05) is 13.2 Å². The fraction of sp³-hybridized carbons (Fsp3) is 0.818. The monoisotopic (exact) mass is 245 g/mol. The lowest BCUT2D eigenvalue weighted by atomic mass is 10.2. The van der Waals surface area contributed by atoms with Gasteiger partial charge in [0.1, 0.15) is 12.1 Å². The Hall–Kier alpha value is -1.14. The van der Waals surface area contributed by atoms with Crippen molar-refractivity contribution in [2.24, 2.45) is 0 Å². The van der Waals surface area contributed by atoms with Crippen molar-refractivity contribution in [3.63, 3.8) is 0 Å². The highest BCUT2D eigenvalue weighted by Crippen LogP contribution is 2.12. The molecule has 1 saturated heterocycles. The van der Waals surface area contributed by atoms with Crippen LogP contribution in [0.4, 0.5) is 0 Å². The normalized spacial score (nSPS) is 23.1. The van der Waals surface area contributed by atoms with Crippen LogP contribution in [0.1, 0.15) is 26.7 Å². The van der Waals surface area contributed by atoms with Crippen molar-refractivity contribution in [1.82, 2.24) is 5.32 Å². The van der Waals surface area contributed by atoms with Gasteiger partial charge in [-0.1, -0.05) is 0 Å². The summed E-state index contributed by atoms with van der Waals surface area (Å²) in [7, 11) is 0. The first-order valence-electron chi connectivity index (χ1n) is 5.77. The Labute approximate surface area is 100 Å². The summed E-state index contributed by atoms with van der Waals surface area (Å²) in [4.78, 5) is 22.1. The number of aliphatic carboxylic acids is 1. The van der Waals surface area contributed by atoms with Gasteiger partial charge in [-0.25, -0.2) is 0 Å². The quantitative estimate of drug-likeness (QED) is 0.696. The number of ether oxygens (including phenoxy) is 2. The summed E-state index contributed by atoms with van der Waals surface area (Å²) < 4.78 is 10.7. The minimum absolute atomic E-state index is 0.0575. The van der Waals surface area contributed by atoms with Crippen LogP contribution in [-0.4, -0.2) is 48.4 Å². The molecule has 17 heavy (non-hydrogen) atoms. The molecule has 0 aliphatic carbocycles. The van der Waals surface area contributed by atoms with Crippen molar-refractivity contribution in [3.8, 4) is 0 Å². The number of carbonyl (C=O) groups is 2. The number of carboxylic acid groups (broad SMARTS) is 1. The largest absolute Gasteiger partial charge is 0.480 e. The van der Waals surface area contributed by atoms with E-state index in [1.54, 1.807) is 6.92 Å². The Morgan fingerprint density at radius 2 is 2.24 bits per heavy atom. The van der Waals surface area contributed by atoms with Crippen LogP contribution in [0.3, 0.4) is 0 Å². The van der Waals surface area contributed by atoms with Crippen LogP contribution < -0.4 is 5.32 Å². The Bertz CT molecular complexity index is 275. The molecule has 1 fully saturated rings. The third kappa shape index (κ3) is 4.70. The molecule has 2 N–H and O–H groups in total. The molecule has 0 aromatic rings. The van der Waals surface area contributed by atoms with E-state index in [0.29, 0.717) is 6.61 Å². The predicted octanol–water partition coefficient (Wildman–Crippen LogP) is 0.160. The van der Waals surface area contributed by atoms with E-state index in [4.69, 9.17) is 14.6 Å². The zero-order valence-electron chi connectivity index (χ0n) is 10.1. The summed E-state index contributed by atoms with van der Waals surface area (Å²) >= 11 is 0. The lowest BCUT2D eigenvalue weighted by molar-refractivity contribution is -0.144. The van der Waals surface area contributed by atoms with Gasteiger partial charge in [-0.15, -0.1) is 0 Å². The Kier molecular flexibility index (Phi) is 5.37. The number of rotatable bonds is 6. The van der Waals surface area contributed by atoms with E-state index in [9.17, 15) is 9.59 Å². The molecule has 0 bridgehead atoms. The van der Waals surface area contributed by atoms with E-state index in [1.807, 2.05) is 0 Å². The second kappa shape index (κ2) is 6.56. The number of hydrogen-bond donors (Lipinski definition) is 2.